The molecule has 1 aromatic heterocycles. The number of anilines is 1. The molecule has 0 radical (unpaired) electrons. The van der Waals surface area contributed by atoms with Gasteiger partial charge in [0, 0.05) is 11.8 Å². The van der Waals surface area contributed by atoms with Gasteiger partial charge in [-0.1, -0.05) is 0 Å². The van der Waals surface area contributed by atoms with Crippen LogP contribution in [-0.2, 0) is 0 Å². The zero-order valence-electron chi connectivity index (χ0n) is 9.84. The molecule has 1 heterocycles. The summed E-state index contributed by atoms with van der Waals surface area (Å²) in [6.45, 7) is 3.36. The molecular formula is C12H11F2N3O. The number of nitrogens with one attached hydrogen (secondary N) is 2. The molecule has 4 nitrogen and oxygen atoms in total. The summed E-state index contributed by atoms with van der Waals surface area (Å²) in [5, 5.41) is 8.92. The maximum atomic E-state index is 13.4. The molecule has 2 rings (SSSR count). The fourth-order valence-corrected chi connectivity index (χ4v) is 1.66. The first-order chi connectivity index (χ1) is 8.49. The number of hydrogen-bond donors (Lipinski definition) is 2. The predicted molar refractivity (Wildman–Crippen MR) is 62.4 cm³/mol. The number of halogens is 2. The van der Waals surface area contributed by atoms with Crippen LogP contribution in [0.1, 0.15) is 21.7 Å². The molecule has 1 amide bonds. The molecule has 0 atom stereocenters. The molecule has 18 heavy (non-hydrogen) atoms. The Kier molecular flexibility index (Phi) is 3.10. The summed E-state index contributed by atoms with van der Waals surface area (Å²) in [5.74, 6) is -1.99. The van der Waals surface area contributed by atoms with Crippen LogP contribution in [0, 0.1) is 25.5 Å². The Balaban J connectivity index is 2.27. The van der Waals surface area contributed by atoms with Gasteiger partial charge in [-0.15, -0.1) is 0 Å². The fraction of sp³-hybridized carbons (Fsp3) is 0.167. The second kappa shape index (κ2) is 4.56. The van der Waals surface area contributed by atoms with Crippen molar-refractivity contribution in [1.82, 2.24) is 10.2 Å². The number of nitrogens with zero attached hydrogens (tertiary/aromatic N) is 1. The van der Waals surface area contributed by atoms with Gasteiger partial charge in [0.05, 0.1) is 16.9 Å². The number of aryl methyl sites for hydroxylation is 2. The van der Waals surface area contributed by atoms with Gasteiger partial charge < -0.3 is 5.32 Å². The SMILES string of the molecule is Cc1n[nH]c(C)c1C(=O)Nc1ccc(F)cc1F. The first kappa shape index (κ1) is 12.2. The van der Waals surface area contributed by atoms with Gasteiger partial charge in [-0.25, -0.2) is 8.78 Å². The van der Waals surface area contributed by atoms with Crippen LogP contribution in [0.3, 0.4) is 0 Å². The number of amides is 1. The van der Waals surface area contributed by atoms with E-state index in [1.807, 2.05) is 0 Å². The average Bonchev–Trinajstić information content (AvgIpc) is 2.62. The normalized spacial score (nSPS) is 10.4. The largest absolute Gasteiger partial charge is 0.319 e. The van der Waals surface area contributed by atoms with Gasteiger partial charge in [0.15, 0.2) is 0 Å². The minimum Gasteiger partial charge on any atom is -0.319 e. The van der Waals surface area contributed by atoms with Crippen molar-refractivity contribution >= 4 is 11.6 Å². The zero-order valence-corrected chi connectivity index (χ0v) is 9.84. The van der Waals surface area contributed by atoms with E-state index in [1.165, 1.54) is 6.07 Å². The van der Waals surface area contributed by atoms with Crippen LogP contribution in [0.2, 0.25) is 0 Å². The highest BCUT2D eigenvalue weighted by atomic mass is 19.1. The van der Waals surface area contributed by atoms with Gasteiger partial charge >= 0.3 is 0 Å². The number of rotatable bonds is 2. The molecule has 94 valence electrons. The van der Waals surface area contributed by atoms with Gasteiger partial charge in [-0.05, 0) is 26.0 Å². The highest BCUT2D eigenvalue weighted by molar-refractivity contribution is 6.05. The first-order valence-corrected chi connectivity index (χ1v) is 5.27. The Morgan fingerprint density at radius 3 is 2.61 bits per heavy atom. The third kappa shape index (κ3) is 2.22. The number of carbonyl (C=O) groups excluding carboxylic acids is 1. The van der Waals surface area contributed by atoms with Crippen LogP contribution in [0.5, 0.6) is 0 Å². The zero-order chi connectivity index (χ0) is 13.3. The summed E-state index contributed by atoms with van der Waals surface area (Å²) < 4.78 is 26.1. The first-order valence-electron chi connectivity index (χ1n) is 5.27. The number of benzene rings is 1. The molecule has 0 saturated carbocycles. The molecule has 0 aliphatic heterocycles. The molecule has 0 saturated heterocycles. The second-order valence-electron chi connectivity index (χ2n) is 3.89. The summed E-state index contributed by atoms with van der Waals surface area (Å²) in [5.41, 5.74) is 1.40. The Bertz CT molecular complexity index is 588. The van der Waals surface area contributed by atoms with Gasteiger partial charge in [0.2, 0.25) is 0 Å². The lowest BCUT2D eigenvalue weighted by atomic mass is 10.2. The quantitative estimate of drug-likeness (QED) is 0.861. The van der Waals surface area contributed by atoms with Crippen molar-refractivity contribution in [2.24, 2.45) is 0 Å². The highest BCUT2D eigenvalue weighted by Gasteiger charge is 2.16. The maximum Gasteiger partial charge on any atom is 0.259 e. The van der Waals surface area contributed by atoms with E-state index in [4.69, 9.17) is 0 Å². The van der Waals surface area contributed by atoms with E-state index in [2.05, 4.69) is 15.5 Å². The molecule has 0 aliphatic rings. The minimum atomic E-state index is -0.817. The molecule has 0 spiro atoms. The standard InChI is InChI=1S/C12H11F2N3O/c1-6-11(7(2)17-16-6)12(18)15-10-4-3-8(13)5-9(10)14/h3-5H,1-2H3,(H,15,18)(H,16,17). The van der Waals surface area contributed by atoms with Crippen LogP contribution in [0.25, 0.3) is 0 Å². The Morgan fingerprint density at radius 1 is 1.33 bits per heavy atom. The van der Waals surface area contributed by atoms with Crippen LogP contribution < -0.4 is 5.32 Å². The number of aromatic amines is 1. The molecule has 6 heteroatoms. The van der Waals surface area contributed by atoms with Crippen molar-refractivity contribution in [3.05, 3.63) is 46.8 Å². The molecule has 0 aliphatic carbocycles. The summed E-state index contributed by atoms with van der Waals surface area (Å²) in [4.78, 5) is 11.9. The van der Waals surface area contributed by atoms with E-state index >= 15 is 0 Å². The Labute approximate surface area is 102 Å². The van der Waals surface area contributed by atoms with Gasteiger partial charge in [0.25, 0.3) is 5.91 Å². The van der Waals surface area contributed by atoms with E-state index in [0.717, 1.165) is 6.07 Å². The lowest BCUT2D eigenvalue weighted by Gasteiger charge is -2.06. The van der Waals surface area contributed by atoms with E-state index in [9.17, 15) is 13.6 Å². The third-order valence-electron chi connectivity index (χ3n) is 2.53. The molecule has 2 N–H and O–H groups in total. The van der Waals surface area contributed by atoms with E-state index in [0.29, 0.717) is 23.0 Å². The smallest absolute Gasteiger partial charge is 0.259 e. The van der Waals surface area contributed by atoms with Crippen molar-refractivity contribution in [1.29, 1.82) is 0 Å². The van der Waals surface area contributed by atoms with Crippen LogP contribution in [-0.4, -0.2) is 16.1 Å². The molecule has 0 fully saturated rings. The van der Waals surface area contributed by atoms with Crippen molar-refractivity contribution in [2.75, 3.05) is 5.32 Å². The van der Waals surface area contributed by atoms with Gasteiger partial charge in [-0.3, -0.25) is 9.89 Å². The summed E-state index contributed by atoms with van der Waals surface area (Å²) in [7, 11) is 0. The summed E-state index contributed by atoms with van der Waals surface area (Å²) in [6, 6.07) is 2.96. The lowest BCUT2D eigenvalue weighted by Crippen LogP contribution is -2.14. The van der Waals surface area contributed by atoms with Crippen molar-refractivity contribution in [3.63, 3.8) is 0 Å². The molecule has 0 unspecified atom stereocenters. The van der Waals surface area contributed by atoms with Gasteiger partial charge in [0.1, 0.15) is 11.6 Å². The van der Waals surface area contributed by atoms with Crippen molar-refractivity contribution in [3.8, 4) is 0 Å². The van der Waals surface area contributed by atoms with E-state index in [-0.39, 0.29) is 5.69 Å². The van der Waals surface area contributed by atoms with Crippen LogP contribution in [0.4, 0.5) is 14.5 Å². The van der Waals surface area contributed by atoms with Crippen LogP contribution in [0.15, 0.2) is 18.2 Å². The van der Waals surface area contributed by atoms with E-state index < -0.39 is 17.5 Å². The molecular weight excluding hydrogens is 240 g/mol. The van der Waals surface area contributed by atoms with Crippen LogP contribution >= 0.6 is 0 Å². The highest BCUT2D eigenvalue weighted by Crippen LogP contribution is 2.17. The summed E-state index contributed by atoms with van der Waals surface area (Å²) >= 11 is 0. The van der Waals surface area contributed by atoms with E-state index in [1.54, 1.807) is 13.8 Å². The predicted octanol–water partition coefficient (Wildman–Crippen LogP) is 2.56. The number of carbonyl (C=O) groups is 1. The molecule has 1 aromatic carbocycles. The lowest BCUT2D eigenvalue weighted by molar-refractivity contribution is 0.102. The maximum absolute atomic E-state index is 13.4. The monoisotopic (exact) mass is 251 g/mol. The van der Waals surface area contributed by atoms with Gasteiger partial charge in [-0.2, -0.15) is 5.10 Å². The number of hydrogen-bond acceptors (Lipinski definition) is 2. The molecule has 0 bridgehead atoms. The average molecular weight is 251 g/mol. The van der Waals surface area contributed by atoms with Crippen molar-refractivity contribution < 1.29 is 13.6 Å². The number of H-pyrrole nitrogens is 1. The number of aromatic nitrogens is 2. The Hall–Kier alpha value is -2.24. The topological polar surface area (TPSA) is 57.8 Å². The second-order valence-corrected chi connectivity index (χ2v) is 3.89. The fourth-order valence-electron chi connectivity index (χ4n) is 1.66. The Morgan fingerprint density at radius 2 is 2.06 bits per heavy atom. The summed E-state index contributed by atoms with van der Waals surface area (Å²) in [6.07, 6.45) is 0. The third-order valence-corrected chi connectivity index (χ3v) is 2.53. The minimum absolute atomic E-state index is 0.0681. The molecule has 2 aromatic rings. The van der Waals surface area contributed by atoms with Crippen molar-refractivity contribution in [2.45, 2.75) is 13.8 Å².